The first-order chi connectivity index (χ1) is 15.5. The van der Waals surface area contributed by atoms with Gasteiger partial charge in [0.1, 0.15) is 6.04 Å². The van der Waals surface area contributed by atoms with Crippen LogP contribution in [0.3, 0.4) is 0 Å². The minimum absolute atomic E-state index is 0.0653. The molecule has 3 fully saturated rings. The monoisotopic (exact) mass is 443 g/mol. The van der Waals surface area contributed by atoms with Gasteiger partial charge in [0.25, 0.3) is 5.91 Å². The predicted octanol–water partition coefficient (Wildman–Crippen LogP) is 0.708. The van der Waals surface area contributed by atoms with Crippen molar-refractivity contribution in [3.05, 3.63) is 29.1 Å². The van der Waals surface area contributed by atoms with Crippen molar-refractivity contribution in [2.75, 3.05) is 50.7 Å². The summed E-state index contributed by atoms with van der Waals surface area (Å²) in [6.07, 6.45) is 2.90. The van der Waals surface area contributed by atoms with E-state index in [1.165, 1.54) is 17.7 Å². The van der Waals surface area contributed by atoms with Gasteiger partial charge in [0.05, 0.1) is 12.2 Å². The number of amides is 3. The van der Waals surface area contributed by atoms with Gasteiger partial charge in [-0.1, -0.05) is 0 Å². The number of rotatable bonds is 4. The molecule has 5 rings (SSSR count). The topological polar surface area (TPSA) is 85.0 Å². The number of nitrogens with zero attached hydrogens (tertiary/aromatic N) is 3. The van der Waals surface area contributed by atoms with E-state index >= 15 is 4.39 Å². The molecule has 4 aliphatic heterocycles. The molecule has 1 aromatic carbocycles. The molecule has 3 amide bonds. The van der Waals surface area contributed by atoms with E-state index in [0.29, 0.717) is 16.8 Å². The van der Waals surface area contributed by atoms with Crippen LogP contribution >= 0.6 is 0 Å². The van der Waals surface area contributed by atoms with Crippen molar-refractivity contribution in [3.63, 3.8) is 0 Å². The third-order valence-electron chi connectivity index (χ3n) is 7.32. The van der Waals surface area contributed by atoms with Crippen molar-refractivity contribution in [2.45, 2.75) is 38.3 Å². The smallest absolute Gasteiger partial charge is 0.255 e. The van der Waals surface area contributed by atoms with Gasteiger partial charge in [-0.15, -0.1) is 0 Å². The van der Waals surface area contributed by atoms with Gasteiger partial charge in [-0.25, -0.2) is 4.39 Å². The van der Waals surface area contributed by atoms with Gasteiger partial charge in [-0.2, -0.15) is 0 Å². The van der Waals surface area contributed by atoms with Crippen LogP contribution in [0, 0.1) is 11.7 Å². The van der Waals surface area contributed by atoms with E-state index in [-0.39, 0.29) is 37.0 Å². The van der Waals surface area contributed by atoms with Crippen LogP contribution in [-0.4, -0.2) is 79.4 Å². The molecule has 32 heavy (non-hydrogen) atoms. The molecule has 4 aliphatic rings. The van der Waals surface area contributed by atoms with E-state index in [1.54, 1.807) is 12.1 Å². The second-order valence-electron chi connectivity index (χ2n) is 9.31. The number of halogens is 1. The second kappa shape index (κ2) is 8.78. The third kappa shape index (κ3) is 3.99. The van der Waals surface area contributed by atoms with Crippen LogP contribution in [0.15, 0.2) is 12.1 Å². The Kier molecular flexibility index (Phi) is 5.86. The van der Waals surface area contributed by atoms with Gasteiger partial charge in [-0.05, 0) is 50.4 Å². The lowest BCUT2D eigenvalue weighted by Crippen LogP contribution is -2.52. The van der Waals surface area contributed by atoms with Gasteiger partial charge < -0.3 is 15.1 Å². The first-order valence-corrected chi connectivity index (χ1v) is 11.7. The average molecular weight is 444 g/mol. The summed E-state index contributed by atoms with van der Waals surface area (Å²) in [6, 6.07) is 2.65. The summed E-state index contributed by atoms with van der Waals surface area (Å²) in [5.74, 6) is -0.774. The molecule has 3 saturated heterocycles. The maximum atomic E-state index is 15.5. The number of carbonyl (C=O) groups is 3. The Morgan fingerprint density at radius 3 is 2.47 bits per heavy atom. The number of piperidine rings is 2. The van der Waals surface area contributed by atoms with E-state index in [4.69, 9.17) is 0 Å². The van der Waals surface area contributed by atoms with Gasteiger partial charge in [0.2, 0.25) is 11.8 Å². The van der Waals surface area contributed by atoms with Crippen LogP contribution in [0.4, 0.5) is 10.1 Å². The Morgan fingerprint density at radius 2 is 1.75 bits per heavy atom. The number of anilines is 1. The second-order valence-corrected chi connectivity index (χ2v) is 9.31. The number of benzene rings is 1. The zero-order valence-electron chi connectivity index (χ0n) is 18.2. The normalized spacial score (nSPS) is 25.3. The lowest BCUT2D eigenvalue weighted by atomic mass is 9.97. The van der Waals surface area contributed by atoms with Gasteiger partial charge in [-0.3, -0.25) is 24.6 Å². The standard InChI is InChI=1S/C23H30FN5O3/c24-21-17-14-29(19-3-4-20(30)26-22(19)31)23(32)16(17)1-2-18(21)28-11-9-27(10-12-28)13-15-5-7-25-8-6-15/h1-2,15,19,25H,3-14H2,(H,26,30,31). The number of hydrogen-bond donors (Lipinski definition) is 2. The van der Waals surface area contributed by atoms with Crippen LogP contribution in [-0.2, 0) is 16.1 Å². The lowest BCUT2D eigenvalue weighted by Gasteiger charge is -2.38. The molecule has 0 bridgehead atoms. The summed E-state index contributed by atoms with van der Waals surface area (Å²) in [5, 5.41) is 5.69. The predicted molar refractivity (Wildman–Crippen MR) is 117 cm³/mol. The van der Waals surface area contributed by atoms with Crippen molar-refractivity contribution in [2.24, 2.45) is 5.92 Å². The zero-order chi connectivity index (χ0) is 22.2. The SMILES string of the molecule is O=C1CCC(N2Cc3c(ccc(N4CCN(CC5CCNCC5)CC4)c3F)C2=O)C(=O)N1. The van der Waals surface area contributed by atoms with E-state index in [2.05, 4.69) is 20.4 Å². The highest BCUT2D eigenvalue weighted by Gasteiger charge is 2.41. The maximum Gasteiger partial charge on any atom is 0.255 e. The highest BCUT2D eigenvalue weighted by molar-refractivity contribution is 6.05. The highest BCUT2D eigenvalue weighted by atomic mass is 19.1. The number of imide groups is 1. The summed E-state index contributed by atoms with van der Waals surface area (Å²) in [7, 11) is 0. The number of nitrogens with one attached hydrogen (secondary N) is 2. The molecular formula is C23H30FN5O3. The summed E-state index contributed by atoms with van der Waals surface area (Å²) >= 11 is 0. The molecule has 4 heterocycles. The summed E-state index contributed by atoms with van der Waals surface area (Å²) in [5.41, 5.74) is 1.21. The lowest BCUT2D eigenvalue weighted by molar-refractivity contribution is -0.136. The summed E-state index contributed by atoms with van der Waals surface area (Å²) in [4.78, 5) is 42.5. The zero-order valence-corrected chi connectivity index (χ0v) is 18.2. The quantitative estimate of drug-likeness (QED) is 0.667. The Morgan fingerprint density at radius 1 is 1.00 bits per heavy atom. The largest absolute Gasteiger partial charge is 0.367 e. The highest BCUT2D eigenvalue weighted by Crippen LogP contribution is 2.34. The molecule has 9 heteroatoms. The molecule has 1 atom stereocenters. The van der Waals surface area contributed by atoms with Crippen molar-refractivity contribution in [1.29, 1.82) is 0 Å². The van der Waals surface area contributed by atoms with Crippen molar-refractivity contribution < 1.29 is 18.8 Å². The van der Waals surface area contributed by atoms with Crippen LogP contribution < -0.4 is 15.5 Å². The van der Waals surface area contributed by atoms with Gasteiger partial charge in [0.15, 0.2) is 5.82 Å². The molecule has 0 radical (unpaired) electrons. The minimum Gasteiger partial charge on any atom is -0.367 e. The number of fused-ring (bicyclic) bond motifs is 1. The van der Waals surface area contributed by atoms with Crippen LogP contribution in [0.5, 0.6) is 0 Å². The van der Waals surface area contributed by atoms with Crippen molar-refractivity contribution in [3.8, 4) is 0 Å². The minimum atomic E-state index is -0.728. The van der Waals surface area contributed by atoms with Gasteiger partial charge in [0, 0.05) is 50.3 Å². The Bertz CT molecular complexity index is 924. The fourth-order valence-corrected chi connectivity index (χ4v) is 5.44. The molecule has 2 N–H and O–H groups in total. The van der Waals surface area contributed by atoms with Crippen LogP contribution in [0.1, 0.15) is 41.6 Å². The molecule has 0 aromatic heterocycles. The Balaban J connectivity index is 1.25. The number of carbonyl (C=O) groups excluding carboxylic acids is 3. The number of piperazine rings is 1. The fraction of sp³-hybridized carbons (Fsp3) is 0.609. The van der Waals surface area contributed by atoms with Crippen molar-refractivity contribution in [1.82, 2.24) is 20.4 Å². The Hall–Kier alpha value is -2.52. The fourth-order valence-electron chi connectivity index (χ4n) is 5.44. The van der Waals surface area contributed by atoms with Crippen LogP contribution in [0.25, 0.3) is 0 Å². The molecule has 1 unspecified atom stereocenters. The molecule has 0 saturated carbocycles. The Labute approximate surface area is 187 Å². The molecule has 0 spiro atoms. The average Bonchev–Trinajstić information content (AvgIpc) is 3.13. The molecular weight excluding hydrogens is 413 g/mol. The molecule has 172 valence electrons. The first-order valence-electron chi connectivity index (χ1n) is 11.7. The van der Waals surface area contributed by atoms with E-state index in [9.17, 15) is 14.4 Å². The van der Waals surface area contributed by atoms with Crippen molar-refractivity contribution >= 4 is 23.4 Å². The third-order valence-corrected chi connectivity index (χ3v) is 7.32. The first kappa shape index (κ1) is 21.3. The summed E-state index contributed by atoms with van der Waals surface area (Å²) in [6.45, 7) is 6.69. The molecule has 1 aromatic rings. The van der Waals surface area contributed by atoms with Crippen LogP contribution in [0.2, 0.25) is 0 Å². The van der Waals surface area contributed by atoms with E-state index < -0.39 is 11.9 Å². The molecule has 8 nitrogen and oxygen atoms in total. The maximum absolute atomic E-state index is 15.5. The van der Waals surface area contributed by atoms with E-state index in [0.717, 1.165) is 51.7 Å². The molecule has 0 aliphatic carbocycles. The van der Waals surface area contributed by atoms with Gasteiger partial charge >= 0.3 is 0 Å². The number of hydrogen-bond acceptors (Lipinski definition) is 6. The summed E-state index contributed by atoms with van der Waals surface area (Å²) < 4.78 is 15.5. The van der Waals surface area contributed by atoms with E-state index in [1.807, 2.05) is 0 Å².